The molecule has 0 aromatic carbocycles. The highest BCUT2D eigenvalue weighted by Gasteiger charge is 2.20. The van der Waals surface area contributed by atoms with Crippen LogP contribution in [0.4, 0.5) is 0 Å². The van der Waals surface area contributed by atoms with E-state index in [0.717, 1.165) is 45.9 Å². The third-order valence-corrected chi connectivity index (χ3v) is 6.98. The zero-order valence-electron chi connectivity index (χ0n) is 29.3. The van der Waals surface area contributed by atoms with Gasteiger partial charge in [-0.05, 0) is 39.9 Å². The normalized spacial score (nSPS) is 12.0. The minimum atomic E-state index is -2.47. The van der Waals surface area contributed by atoms with Crippen molar-refractivity contribution < 1.29 is 29.0 Å². The summed E-state index contributed by atoms with van der Waals surface area (Å²) in [7, 11) is 7.17. The predicted molar refractivity (Wildman–Crippen MR) is 184 cm³/mol. The molecule has 0 aliphatic rings. The van der Waals surface area contributed by atoms with Gasteiger partial charge in [-0.3, -0.25) is 9.69 Å². The van der Waals surface area contributed by atoms with Crippen molar-refractivity contribution in [3.63, 3.8) is 0 Å². The van der Waals surface area contributed by atoms with E-state index in [0.29, 0.717) is 30.1 Å². The van der Waals surface area contributed by atoms with Gasteiger partial charge in [-0.1, -0.05) is 52.4 Å². The topological polar surface area (TPSA) is 132 Å². The number of rotatable bonds is 20. The number of methoxy groups -OCH3 is 2. The summed E-state index contributed by atoms with van der Waals surface area (Å²) in [5, 5.41) is 11.8. The SMILES string of the molecule is C=C(CC(C)/C(=C/C)[P+](=O)[O-])OC.CC.CCC(CC[NH2+]C)N(CC)CCNC(=O)CNCCNC.CCOC.CP. The fourth-order valence-corrected chi connectivity index (χ4v) is 4.18. The summed E-state index contributed by atoms with van der Waals surface area (Å²) in [4.78, 5) is 24.9. The summed E-state index contributed by atoms with van der Waals surface area (Å²) in [5.74, 6) is 0.624. The quantitative estimate of drug-likeness (QED) is 0.0906. The summed E-state index contributed by atoms with van der Waals surface area (Å²) in [6, 6.07) is 0.622. The van der Waals surface area contributed by atoms with Crippen LogP contribution in [0.25, 0.3) is 0 Å². The Kier molecular flexibility index (Phi) is 50.9. The van der Waals surface area contributed by atoms with Gasteiger partial charge in [0.2, 0.25) is 5.91 Å². The number of carbonyl (C=O) groups excluding carboxylic acids is 1. The molecule has 10 nitrogen and oxygen atoms in total. The standard InChI is InChI=1S/C15H35N5O.C9H15O3P.C3H8O.C2H6.CH5P/c1-5-14(7-8-16-3)20(6-2)12-11-19-15(21)13-18-10-9-17-4;1-5-9(13(10)11)7(2)6-8(3)12-4;1-3-4-2;2*1-2/h14,16-18H,5-13H2,1-4H3,(H,19,21);5,7H,3,6H2,1-2,4H3;3H2,1-2H3;1-2H3;2H2,1H3/p+1/b;9-5-;;;. The zero-order chi connectivity index (χ0) is 33.8. The van der Waals surface area contributed by atoms with Crippen LogP contribution in [0.15, 0.2) is 23.7 Å². The molecule has 0 saturated carbocycles. The fraction of sp³-hybridized carbons (Fsp3) is 0.833. The number of carbonyl (C=O) groups is 1. The molecular formula is C30H70N5O5P2+. The maximum absolute atomic E-state index is 11.7. The number of quaternary nitrogens is 1. The molecule has 0 rings (SSSR count). The summed E-state index contributed by atoms with van der Waals surface area (Å²) < 4.78 is 20.2. The van der Waals surface area contributed by atoms with E-state index in [1.807, 2.05) is 41.4 Å². The third kappa shape index (κ3) is 35.2. The predicted octanol–water partition coefficient (Wildman–Crippen LogP) is 2.94. The van der Waals surface area contributed by atoms with Gasteiger partial charge in [0.15, 0.2) is 5.31 Å². The Morgan fingerprint density at radius 3 is 2.12 bits per heavy atom. The van der Waals surface area contributed by atoms with Crippen LogP contribution in [-0.2, 0) is 18.8 Å². The van der Waals surface area contributed by atoms with Gasteiger partial charge in [0.25, 0.3) is 0 Å². The first-order chi connectivity index (χ1) is 20.1. The Bertz CT molecular complexity index is 627. The van der Waals surface area contributed by atoms with Crippen LogP contribution in [0.1, 0.15) is 67.7 Å². The van der Waals surface area contributed by atoms with E-state index >= 15 is 0 Å². The molecule has 0 bridgehead atoms. The monoisotopic (exact) mass is 642 g/mol. The Morgan fingerprint density at radius 1 is 1.17 bits per heavy atom. The van der Waals surface area contributed by atoms with E-state index in [1.54, 1.807) is 20.1 Å². The lowest BCUT2D eigenvalue weighted by Crippen LogP contribution is -2.80. The molecule has 4 unspecified atom stereocenters. The van der Waals surface area contributed by atoms with E-state index in [1.165, 1.54) is 20.0 Å². The molecule has 4 atom stereocenters. The third-order valence-electron chi connectivity index (χ3n) is 5.86. The highest BCUT2D eigenvalue weighted by Crippen LogP contribution is 2.33. The first kappa shape index (κ1) is 50.7. The minimum Gasteiger partial charge on any atom is -0.591 e. The van der Waals surface area contributed by atoms with Crippen LogP contribution in [0.2, 0.25) is 0 Å². The number of amides is 1. The van der Waals surface area contributed by atoms with Gasteiger partial charge in [0, 0.05) is 64.7 Å². The Hall–Kier alpha value is -0.960. The molecular weight excluding hydrogens is 572 g/mol. The number of nitrogens with zero attached hydrogens (tertiary/aromatic N) is 1. The number of nitrogens with one attached hydrogen (secondary N) is 3. The Balaban J connectivity index is -0.000000184. The fourth-order valence-electron chi connectivity index (χ4n) is 3.52. The lowest BCUT2D eigenvalue weighted by Gasteiger charge is -2.29. The number of hydrogen-bond acceptors (Lipinski definition) is 8. The lowest BCUT2D eigenvalue weighted by molar-refractivity contribution is -0.627. The molecule has 12 heteroatoms. The van der Waals surface area contributed by atoms with Crippen molar-refractivity contribution in [3.05, 3.63) is 23.7 Å². The van der Waals surface area contributed by atoms with E-state index in [4.69, 9.17) is 4.74 Å². The Labute approximate surface area is 263 Å². The molecule has 0 radical (unpaired) electrons. The van der Waals surface area contributed by atoms with Crippen LogP contribution in [0, 0.1) is 5.92 Å². The minimum absolute atomic E-state index is 0.0569. The highest BCUT2D eigenvalue weighted by molar-refractivity contribution is 7.41. The molecule has 0 aromatic heterocycles. The second-order valence-electron chi connectivity index (χ2n) is 8.70. The number of ether oxygens (including phenoxy) is 2. The van der Waals surface area contributed by atoms with Crippen LogP contribution in [0.5, 0.6) is 0 Å². The molecule has 0 fully saturated rings. The van der Waals surface area contributed by atoms with Crippen molar-refractivity contribution in [1.82, 2.24) is 20.9 Å². The summed E-state index contributed by atoms with van der Waals surface area (Å²) in [5.41, 5.74) is 0. The number of hydrogen-bond donors (Lipinski definition) is 4. The van der Waals surface area contributed by atoms with Crippen molar-refractivity contribution >= 4 is 23.2 Å². The molecule has 0 spiro atoms. The van der Waals surface area contributed by atoms with Crippen molar-refractivity contribution in [2.24, 2.45) is 5.92 Å². The Morgan fingerprint density at radius 2 is 1.74 bits per heavy atom. The molecule has 5 N–H and O–H groups in total. The van der Waals surface area contributed by atoms with Gasteiger partial charge in [0.1, 0.15) is 0 Å². The van der Waals surface area contributed by atoms with E-state index in [-0.39, 0.29) is 11.8 Å². The highest BCUT2D eigenvalue weighted by atomic mass is 31.1. The molecule has 0 saturated heterocycles. The largest absolute Gasteiger partial charge is 0.591 e. The first-order valence-corrected chi connectivity index (χ1v) is 17.7. The van der Waals surface area contributed by atoms with Crippen LogP contribution < -0.4 is 26.2 Å². The van der Waals surface area contributed by atoms with E-state index in [9.17, 15) is 14.3 Å². The van der Waals surface area contributed by atoms with Crippen molar-refractivity contribution in [2.75, 3.05) is 87.4 Å². The van der Waals surface area contributed by atoms with Crippen molar-refractivity contribution in [2.45, 2.75) is 73.8 Å². The second-order valence-corrected chi connectivity index (χ2v) is 9.73. The van der Waals surface area contributed by atoms with Gasteiger partial charge in [-0.2, -0.15) is 0 Å². The van der Waals surface area contributed by atoms with Gasteiger partial charge in [-0.25, -0.2) is 0 Å². The molecule has 0 aromatic rings. The number of allylic oxidation sites excluding steroid dienone is 3. The zero-order valence-corrected chi connectivity index (χ0v) is 31.4. The van der Waals surface area contributed by atoms with E-state index < -0.39 is 8.03 Å². The van der Waals surface area contributed by atoms with Crippen LogP contribution in [-0.4, -0.2) is 104 Å². The average Bonchev–Trinajstić information content (AvgIpc) is 3.01. The van der Waals surface area contributed by atoms with Crippen LogP contribution in [0.3, 0.4) is 0 Å². The molecule has 0 aliphatic heterocycles. The van der Waals surface area contributed by atoms with Gasteiger partial charge in [0.05, 0.1) is 33.0 Å². The van der Waals surface area contributed by atoms with Crippen molar-refractivity contribution in [3.8, 4) is 0 Å². The average molecular weight is 643 g/mol. The molecule has 0 heterocycles. The summed E-state index contributed by atoms with van der Waals surface area (Å²) >= 11 is 0. The molecule has 1 amide bonds. The van der Waals surface area contributed by atoms with Gasteiger partial charge >= 0.3 is 8.03 Å². The summed E-state index contributed by atoms with van der Waals surface area (Å²) in [6.07, 6.45) is 4.53. The lowest BCUT2D eigenvalue weighted by atomic mass is 10.1. The summed E-state index contributed by atoms with van der Waals surface area (Å²) in [6.45, 7) is 26.3. The number of nitrogens with two attached hydrogens (primary N) is 1. The van der Waals surface area contributed by atoms with Gasteiger partial charge < -0.3 is 35.6 Å². The number of likely N-dealkylation sites (N-methyl/N-ethyl adjacent to an activating group) is 2. The first-order valence-electron chi connectivity index (χ1n) is 15.4. The molecule has 0 aliphatic carbocycles. The van der Waals surface area contributed by atoms with Crippen molar-refractivity contribution in [1.29, 1.82) is 0 Å². The maximum atomic E-state index is 11.7. The smallest absolute Gasteiger partial charge is 0.344 e. The van der Waals surface area contributed by atoms with Gasteiger partial charge in [-0.15, -0.1) is 9.24 Å². The van der Waals surface area contributed by atoms with Crippen LogP contribution >= 0.6 is 17.3 Å². The van der Waals surface area contributed by atoms with E-state index in [2.05, 4.69) is 67.6 Å². The maximum Gasteiger partial charge on any atom is 0.344 e. The second kappa shape index (κ2) is 42.2. The molecule has 42 heavy (non-hydrogen) atoms. The molecule has 254 valence electrons.